The predicted octanol–water partition coefficient (Wildman–Crippen LogP) is -0.440. The fourth-order valence-corrected chi connectivity index (χ4v) is 1.28. The molecule has 0 aromatic carbocycles. The summed E-state index contributed by atoms with van der Waals surface area (Å²) in [6, 6.07) is 0. The summed E-state index contributed by atoms with van der Waals surface area (Å²) in [5.41, 5.74) is 5.90. The normalized spacial score (nSPS) is 10.6. The Hall–Kier alpha value is -1.47. The van der Waals surface area contributed by atoms with Gasteiger partial charge in [-0.25, -0.2) is 4.68 Å². The molecule has 1 heterocycles. The molecule has 0 aliphatic heterocycles. The van der Waals surface area contributed by atoms with Crippen molar-refractivity contribution in [1.29, 1.82) is 0 Å². The van der Waals surface area contributed by atoms with Crippen molar-refractivity contribution in [2.24, 2.45) is 5.73 Å². The molecule has 16 heavy (non-hydrogen) atoms. The van der Waals surface area contributed by atoms with Crippen molar-refractivity contribution in [2.75, 3.05) is 20.3 Å². The van der Waals surface area contributed by atoms with Gasteiger partial charge in [0.25, 0.3) is 5.91 Å². The van der Waals surface area contributed by atoms with Crippen LogP contribution < -0.4 is 5.73 Å². The maximum Gasteiger partial charge on any atom is 0.271 e. The zero-order valence-corrected chi connectivity index (χ0v) is 9.47. The maximum atomic E-state index is 11.1. The fourth-order valence-electron chi connectivity index (χ4n) is 1.28. The Kier molecular flexibility index (Phi) is 4.87. The lowest BCUT2D eigenvalue weighted by Gasteiger charge is -2.06. The zero-order chi connectivity index (χ0) is 12.0. The number of nitrogens with zero attached hydrogens (tertiary/aromatic N) is 3. The third-order valence-corrected chi connectivity index (χ3v) is 2.00. The molecule has 0 saturated carbocycles. The average molecular weight is 228 g/mol. The number of amides is 1. The average Bonchev–Trinajstić information content (AvgIpc) is 2.63. The van der Waals surface area contributed by atoms with E-state index in [9.17, 15) is 4.79 Å². The van der Waals surface area contributed by atoms with Gasteiger partial charge in [-0.15, -0.1) is 5.10 Å². The molecule has 0 bridgehead atoms. The highest BCUT2D eigenvalue weighted by atomic mass is 16.5. The molecule has 1 aromatic heterocycles. The minimum atomic E-state index is -0.602. The monoisotopic (exact) mass is 228 g/mol. The lowest BCUT2D eigenvalue weighted by Crippen LogP contribution is -2.17. The van der Waals surface area contributed by atoms with Gasteiger partial charge in [-0.05, 0) is 6.92 Å². The summed E-state index contributed by atoms with van der Waals surface area (Å²) in [7, 11) is 1.53. The predicted molar refractivity (Wildman–Crippen MR) is 55.7 cm³/mol. The molecule has 0 saturated heterocycles. The van der Waals surface area contributed by atoms with Gasteiger partial charge in [0, 0.05) is 13.7 Å². The molecule has 1 aromatic rings. The standard InChI is InChI=1S/C9H16N4O3/c1-3-16-5-4-13-7(6-15-2)8(9(10)14)11-12-13/h3-6H2,1-2H3,(H2,10,14). The van der Waals surface area contributed by atoms with E-state index in [0.717, 1.165) is 0 Å². The van der Waals surface area contributed by atoms with Crippen molar-refractivity contribution in [1.82, 2.24) is 15.0 Å². The van der Waals surface area contributed by atoms with Crippen LogP contribution in [0.5, 0.6) is 0 Å². The van der Waals surface area contributed by atoms with Crippen LogP contribution in [-0.4, -0.2) is 41.2 Å². The number of carbonyl (C=O) groups excluding carboxylic acids is 1. The lowest BCUT2D eigenvalue weighted by molar-refractivity contribution is 0.0988. The Morgan fingerprint density at radius 1 is 1.56 bits per heavy atom. The van der Waals surface area contributed by atoms with Crippen LogP contribution in [0.25, 0.3) is 0 Å². The van der Waals surface area contributed by atoms with Gasteiger partial charge in [0.05, 0.1) is 25.5 Å². The first-order valence-electron chi connectivity index (χ1n) is 4.99. The third-order valence-electron chi connectivity index (χ3n) is 2.00. The summed E-state index contributed by atoms with van der Waals surface area (Å²) in [5.74, 6) is -0.602. The summed E-state index contributed by atoms with van der Waals surface area (Å²) in [6.45, 7) is 3.82. The van der Waals surface area contributed by atoms with Crippen molar-refractivity contribution < 1.29 is 14.3 Å². The molecule has 90 valence electrons. The summed E-state index contributed by atoms with van der Waals surface area (Å²) < 4.78 is 11.7. The van der Waals surface area contributed by atoms with Crippen LogP contribution in [0, 0.1) is 0 Å². The van der Waals surface area contributed by atoms with Crippen molar-refractivity contribution >= 4 is 5.91 Å². The van der Waals surface area contributed by atoms with E-state index in [-0.39, 0.29) is 12.3 Å². The molecule has 0 unspecified atom stereocenters. The van der Waals surface area contributed by atoms with E-state index in [2.05, 4.69) is 10.3 Å². The van der Waals surface area contributed by atoms with E-state index in [0.29, 0.717) is 25.5 Å². The van der Waals surface area contributed by atoms with E-state index in [4.69, 9.17) is 15.2 Å². The molecule has 0 radical (unpaired) electrons. The van der Waals surface area contributed by atoms with Gasteiger partial charge in [0.15, 0.2) is 5.69 Å². The van der Waals surface area contributed by atoms with Crippen LogP contribution in [-0.2, 0) is 22.6 Å². The second-order valence-corrected chi connectivity index (χ2v) is 3.10. The largest absolute Gasteiger partial charge is 0.380 e. The molecular formula is C9H16N4O3. The molecule has 1 rings (SSSR count). The molecule has 0 aliphatic rings. The summed E-state index contributed by atoms with van der Waals surface area (Å²) in [6.07, 6.45) is 0. The van der Waals surface area contributed by atoms with Crippen LogP contribution in [0.2, 0.25) is 0 Å². The van der Waals surface area contributed by atoms with Gasteiger partial charge in [-0.2, -0.15) is 0 Å². The highest BCUT2D eigenvalue weighted by Crippen LogP contribution is 2.06. The maximum absolute atomic E-state index is 11.1. The number of primary amides is 1. The Balaban J connectivity index is 2.78. The van der Waals surface area contributed by atoms with E-state index < -0.39 is 5.91 Å². The number of nitrogens with two attached hydrogens (primary N) is 1. The molecule has 7 heteroatoms. The first-order valence-corrected chi connectivity index (χ1v) is 4.99. The molecule has 7 nitrogen and oxygen atoms in total. The van der Waals surface area contributed by atoms with E-state index >= 15 is 0 Å². The van der Waals surface area contributed by atoms with Crippen molar-refractivity contribution in [3.05, 3.63) is 11.4 Å². The van der Waals surface area contributed by atoms with Crippen LogP contribution in [0.1, 0.15) is 23.1 Å². The van der Waals surface area contributed by atoms with Gasteiger partial charge >= 0.3 is 0 Å². The second kappa shape index (κ2) is 6.19. The Bertz CT molecular complexity index is 351. The highest BCUT2D eigenvalue weighted by molar-refractivity contribution is 5.91. The number of ether oxygens (including phenoxy) is 2. The van der Waals surface area contributed by atoms with Gasteiger partial charge in [0.1, 0.15) is 0 Å². The number of hydrogen-bond acceptors (Lipinski definition) is 5. The molecule has 2 N–H and O–H groups in total. The van der Waals surface area contributed by atoms with Crippen molar-refractivity contribution in [2.45, 2.75) is 20.1 Å². The van der Waals surface area contributed by atoms with Crippen molar-refractivity contribution in [3.8, 4) is 0 Å². The van der Waals surface area contributed by atoms with Crippen LogP contribution in [0.3, 0.4) is 0 Å². The second-order valence-electron chi connectivity index (χ2n) is 3.10. The fraction of sp³-hybridized carbons (Fsp3) is 0.667. The summed E-state index contributed by atoms with van der Waals surface area (Å²) in [5, 5.41) is 7.55. The van der Waals surface area contributed by atoms with E-state index in [1.165, 1.54) is 7.11 Å². The summed E-state index contributed by atoms with van der Waals surface area (Å²) >= 11 is 0. The van der Waals surface area contributed by atoms with Crippen LogP contribution in [0.4, 0.5) is 0 Å². The number of aromatic nitrogens is 3. The molecule has 1 amide bonds. The topological polar surface area (TPSA) is 92.3 Å². The molecule has 0 aliphatic carbocycles. The van der Waals surface area contributed by atoms with Gasteiger partial charge in [-0.1, -0.05) is 5.21 Å². The Morgan fingerprint density at radius 2 is 2.31 bits per heavy atom. The van der Waals surface area contributed by atoms with Crippen LogP contribution >= 0.6 is 0 Å². The van der Waals surface area contributed by atoms with E-state index in [1.54, 1.807) is 4.68 Å². The molecular weight excluding hydrogens is 212 g/mol. The molecule has 0 atom stereocenters. The quantitative estimate of drug-likeness (QED) is 0.639. The summed E-state index contributed by atoms with van der Waals surface area (Å²) in [4.78, 5) is 11.1. The molecule has 0 spiro atoms. The molecule has 0 fully saturated rings. The Labute approximate surface area is 93.5 Å². The van der Waals surface area contributed by atoms with Gasteiger partial charge in [0.2, 0.25) is 0 Å². The SMILES string of the molecule is CCOCCn1nnc(C(N)=O)c1COC. The smallest absolute Gasteiger partial charge is 0.271 e. The van der Waals surface area contributed by atoms with Gasteiger partial charge < -0.3 is 15.2 Å². The number of carbonyl (C=O) groups is 1. The third kappa shape index (κ3) is 3.01. The van der Waals surface area contributed by atoms with Crippen LogP contribution in [0.15, 0.2) is 0 Å². The highest BCUT2D eigenvalue weighted by Gasteiger charge is 2.16. The minimum Gasteiger partial charge on any atom is -0.380 e. The van der Waals surface area contributed by atoms with E-state index in [1.807, 2.05) is 6.92 Å². The first kappa shape index (κ1) is 12.6. The number of methoxy groups -OCH3 is 1. The van der Waals surface area contributed by atoms with Crippen molar-refractivity contribution in [3.63, 3.8) is 0 Å². The number of hydrogen-bond donors (Lipinski definition) is 1. The zero-order valence-electron chi connectivity index (χ0n) is 9.47. The number of rotatable bonds is 7. The first-order chi connectivity index (χ1) is 7.70. The Morgan fingerprint density at radius 3 is 2.88 bits per heavy atom. The minimum absolute atomic E-state index is 0.151. The lowest BCUT2D eigenvalue weighted by atomic mass is 10.3. The van der Waals surface area contributed by atoms with Gasteiger partial charge in [-0.3, -0.25) is 4.79 Å².